The maximum Gasteiger partial charge on any atom is 0.416 e. The van der Waals surface area contributed by atoms with Gasteiger partial charge in [-0.05, 0) is 69.5 Å². The number of ether oxygens (including phenoxy) is 1. The summed E-state index contributed by atoms with van der Waals surface area (Å²) in [6.45, 7) is 5.97. The van der Waals surface area contributed by atoms with Crippen molar-refractivity contribution in [1.29, 1.82) is 0 Å². The highest BCUT2D eigenvalue weighted by atomic mass is 35.5. The van der Waals surface area contributed by atoms with Crippen molar-refractivity contribution in [1.82, 2.24) is 4.90 Å². The second-order valence-corrected chi connectivity index (χ2v) is 9.14. The first kappa shape index (κ1) is 31.3. The van der Waals surface area contributed by atoms with Gasteiger partial charge in [0.05, 0.1) is 17.3 Å². The van der Waals surface area contributed by atoms with Crippen LogP contribution in [-0.2, 0) is 12.7 Å². The van der Waals surface area contributed by atoms with E-state index in [1.807, 2.05) is 50.1 Å². The van der Waals surface area contributed by atoms with Crippen LogP contribution in [0.15, 0.2) is 42.5 Å². The molecule has 198 valence electrons. The van der Waals surface area contributed by atoms with Gasteiger partial charge in [-0.3, -0.25) is 4.90 Å². The highest BCUT2D eigenvalue weighted by molar-refractivity contribution is 5.85. The lowest BCUT2D eigenvalue weighted by Crippen LogP contribution is -2.45. The second-order valence-electron chi connectivity index (χ2n) is 9.14. The highest BCUT2D eigenvalue weighted by Gasteiger charge is 2.33. The Kier molecular flexibility index (Phi) is 11.6. The van der Waals surface area contributed by atoms with Crippen molar-refractivity contribution in [3.8, 4) is 5.75 Å². The van der Waals surface area contributed by atoms with Crippen molar-refractivity contribution in [3.05, 3.63) is 59.4 Å². The first-order chi connectivity index (χ1) is 15.4. The number of aliphatic hydroxyl groups is 1. The van der Waals surface area contributed by atoms with Crippen LogP contribution in [0.1, 0.15) is 44.2 Å². The number of hydrogen-bond acceptors (Lipinski definition) is 4. The summed E-state index contributed by atoms with van der Waals surface area (Å²) in [5.74, 6) is -0.0327. The Morgan fingerprint density at radius 3 is 2.17 bits per heavy atom. The van der Waals surface area contributed by atoms with Gasteiger partial charge < -0.3 is 14.7 Å². The topological polar surface area (TPSA) is 35.9 Å². The Morgan fingerprint density at radius 2 is 1.66 bits per heavy atom. The van der Waals surface area contributed by atoms with Crippen molar-refractivity contribution < 1.29 is 27.4 Å². The van der Waals surface area contributed by atoms with Gasteiger partial charge >= 0.3 is 6.18 Å². The third-order valence-electron chi connectivity index (χ3n) is 6.12. The van der Waals surface area contributed by atoms with Crippen LogP contribution >= 0.6 is 24.8 Å². The number of anilines is 1. The number of piperidine rings is 1. The molecule has 1 aliphatic rings. The molecule has 1 saturated heterocycles. The molecule has 0 unspecified atom stereocenters. The molecule has 1 fully saturated rings. The number of likely N-dealkylation sites (tertiary alicyclic amines) is 1. The Morgan fingerprint density at radius 1 is 1.06 bits per heavy atom. The fraction of sp³-hybridized carbons (Fsp3) is 0.520. The van der Waals surface area contributed by atoms with Crippen LogP contribution in [0.5, 0.6) is 5.75 Å². The summed E-state index contributed by atoms with van der Waals surface area (Å²) in [5, 5.41) is 11.0. The van der Waals surface area contributed by atoms with Gasteiger partial charge in [0.25, 0.3) is 0 Å². The first-order valence-corrected chi connectivity index (χ1v) is 11.2. The maximum absolute atomic E-state index is 14.2. The number of alkyl halides is 3. The van der Waals surface area contributed by atoms with Gasteiger partial charge in [-0.2, -0.15) is 13.2 Å². The van der Waals surface area contributed by atoms with E-state index in [1.165, 1.54) is 6.07 Å². The molecule has 0 saturated carbocycles. The van der Waals surface area contributed by atoms with Gasteiger partial charge in [0.15, 0.2) is 0 Å². The Hall–Kier alpha value is -1.74. The van der Waals surface area contributed by atoms with Crippen LogP contribution < -0.4 is 9.64 Å². The number of halogens is 6. The van der Waals surface area contributed by atoms with Crippen molar-refractivity contribution in [2.45, 2.75) is 57.5 Å². The quantitative estimate of drug-likeness (QED) is 0.397. The van der Waals surface area contributed by atoms with Gasteiger partial charge in [0.1, 0.15) is 11.6 Å². The van der Waals surface area contributed by atoms with E-state index in [1.54, 1.807) is 0 Å². The van der Waals surface area contributed by atoms with Crippen LogP contribution in [0.4, 0.5) is 23.2 Å². The smallest absolute Gasteiger partial charge is 0.416 e. The zero-order valence-corrected chi connectivity index (χ0v) is 21.8. The van der Waals surface area contributed by atoms with E-state index >= 15 is 0 Å². The lowest BCUT2D eigenvalue weighted by Gasteiger charge is -2.39. The van der Waals surface area contributed by atoms with Crippen LogP contribution in [0, 0.1) is 5.82 Å². The molecule has 3 rings (SSSR count). The summed E-state index contributed by atoms with van der Waals surface area (Å²) in [7, 11) is 1.98. The fourth-order valence-electron chi connectivity index (χ4n) is 4.03. The van der Waals surface area contributed by atoms with E-state index in [9.17, 15) is 22.7 Å². The number of nitrogens with zero attached hydrogens (tertiary/aromatic N) is 2. The lowest BCUT2D eigenvalue weighted by atomic mass is 9.88. The molecule has 4 nitrogen and oxygen atoms in total. The molecule has 0 aliphatic carbocycles. The monoisotopic (exact) mass is 540 g/mol. The van der Waals surface area contributed by atoms with E-state index in [0.717, 1.165) is 17.5 Å². The average Bonchev–Trinajstić information content (AvgIpc) is 2.74. The molecule has 2 aromatic carbocycles. The van der Waals surface area contributed by atoms with Crippen molar-refractivity contribution in [2.24, 2.45) is 0 Å². The van der Waals surface area contributed by atoms with Gasteiger partial charge in [0, 0.05) is 44.5 Å². The van der Waals surface area contributed by atoms with E-state index < -0.39 is 23.2 Å². The maximum atomic E-state index is 14.2. The molecule has 10 heteroatoms. The molecule has 0 bridgehead atoms. The minimum absolute atomic E-state index is 0. The minimum Gasteiger partial charge on any atom is -0.491 e. The summed E-state index contributed by atoms with van der Waals surface area (Å²) in [5.41, 5.74) is -0.532. The van der Waals surface area contributed by atoms with E-state index in [4.69, 9.17) is 4.74 Å². The fourth-order valence-corrected chi connectivity index (χ4v) is 4.03. The highest BCUT2D eigenvalue weighted by Crippen LogP contribution is 2.32. The minimum atomic E-state index is -4.56. The molecule has 1 N–H and O–H groups in total. The third kappa shape index (κ3) is 9.01. The summed E-state index contributed by atoms with van der Waals surface area (Å²) < 4.78 is 58.0. The Balaban J connectivity index is 0.00000306. The molecule has 1 aliphatic heterocycles. The molecule has 0 atom stereocenters. The largest absolute Gasteiger partial charge is 0.491 e. The van der Waals surface area contributed by atoms with E-state index in [2.05, 4.69) is 4.90 Å². The zero-order valence-electron chi connectivity index (χ0n) is 20.1. The van der Waals surface area contributed by atoms with Gasteiger partial charge in [-0.25, -0.2) is 4.39 Å². The summed E-state index contributed by atoms with van der Waals surface area (Å²) in [6, 6.07) is 10.5. The molecular formula is C25H34Cl2F4N2O2. The molecule has 0 aromatic heterocycles. The van der Waals surface area contributed by atoms with Gasteiger partial charge in [-0.1, -0.05) is 6.07 Å². The average molecular weight is 541 g/mol. The van der Waals surface area contributed by atoms with E-state index in [0.29, 0.717) is 45.0 Å². The van der Waals surface area contributed by atoms with Crippen LogP contribution in [0.25, 0.3) is 0 Å². The lowest BCUT2D eigenvalue weighted by molar-refractivity contribution is -0.137. The van der Waals surface area contributed by atoms with Crippen molar-refractivity contribution in [3.63, 3.8) is 0 Å². The van der Waals surface area contributed by atoms with Gasteiger partial charge in [0.2, 0.25) is 0 Å². The zero-order chi connectivity index (χ0) is 24.2. The normalized spacial score (nSPS) is 15.8. The second kappa shape index (κ2) is 13.0. The van der Waals surface area contributed by atoms with Crippen LogP contribution in [-0.4, -0.2) is 48.4 Å². The standard InChI is InChI=1S/C25H32F4N2O2.2ClH/c1-18(2)33-22-8-6-21(7-9-22)30(3)13-10-24(32)11-14-31(15-12-24)17-19-4-5-20(16-23(19)26)25(27,28)29;;/h4-9,16,18,32H,10-15,17H2,1-3H3;2*1H. The summed E-state index contributed by atoms with van der Waals surface area (Å²) >= 11 is 0. The van der Waals surface area contributed by atoms with Crippen LogP contribution in [0.3, 0.4) is 0 Å². The van der Waals surface area contributed by atoms with Crippen molar-refractivity contribution in [2.75, 3.05) is 31.6 Å². The summed E-state index contributed by atoms with van der Waals surface area (Å²) in [6.07, 6.45) is -2.78. The molecule has 0 radical (unpaired) electrons. The molecule has 0 amide bonds. The van der Waals surface area contributed by atoms with Gasteiger partial charge in [-0.15, -0.1) is 24.8 Å². The molecule has 35 heavy (non-hydrogen) atoms. The van der Waals surface area contributed by atoms with E-state index in [-0.39, 0.29) is 43.0 Å². The third-order valence-corrected chi connectivity index (χ3v) is 6.12. The molecular weight excluding hydrogens is 507 g/mol. The SMILES string of the molecule is CC(C)Oc1ccc(N(C)CCC2(O)CCN(Cc3ccc(C(F)(F)F)cc3F)CC2)cc1.Cl.Cl. The molecule has 1 heterocycles. The van der Waals surface area contributed by atoms with Crippen LogP contribution in [0.2, 0.25) is 0 Å². The number of rotatable bonds is 8. The number of hydrogen-bond donors (Lipinski definition) is 1. The molecule has 0 spiro atoms. The predicted octanol–water partition coefficient (Wildman–Crippen LogP) is 6.33. The first-order valence-electron chi connectivity index (χ1n) is 11.2. The van der Waals surface area contributed by atoms with Crippen molar-refractivity contribution >= 4 is 30.5 Å². The number of benzene rings is 2. The predicted molar refractivity (Wildman–Crippen MR) is 135 cm³/mol. The Bertz CT molecular complexity index is 919. The molecule has 2 aromatic rings. The summed E-state index contributed by atoms with van der Waals surface area (Å²) in [4.78, 5) is 4.05. The Labute approximate surface area is 217 Å².